The quantitative estimate of drug-likeness (QED) is 0.547. The summed E-state index contributed by atoms with van der Waals surface area (Å²) < 4.78 is 7.90. The van der Waals surface area contributed by atoms with E-state index in [0.29, 0.717) is 18.9 Å². The molecular weight excluding hydrogens is 352 g/mol. The van der Waals surface area contributed by atoms with E-state index in [0.717, 1.165) is 28.5 Å². The Morgan fingerprint density at radius 1 is 0.893 bits per heavy atom. The molecule has 2 aromatic carbocycles. The van der Waals surface area contributed by atoms with Crippen LogP contribution in [0.15, 0.2) is 83.4 Å². The zero-order valence-corrected chi connectivity index (χ0v) is 15.1. The van der Waals surface area contributed by atoms with Gasteiger partial charge in [-0.15, -0.1) is 0 Å². The Morgan fingerprint density at radius 2 is 1.64 bits per heavy atom. The van der Waals surface area contributed by atoms with Gasteiger partial charge in [-0.3, -0.25) is 4.40 Å². The third kappa shape index (κ3) is 3.18. The van der Waals surface area contributed by atoms with Crippen LogP contribution in [0.5, 0.6) is 11.5 Å². The molecule has 0 saturated heterocycles. The van der Waals surface area contributed by atoms with E-state index < -0.39 is 0 Å². The molecule has 7 heteroatoms. The van der Waals surface area contributed by atoms with Crippen LogP contribution in [0.1, 0.15) is 11.6 Å². The van der Waals surface area contributed by atoms with Crippen molar-refractivity contribution in [1.82, 2.24) is 14.4 Å². The highest BCUT2D eigenvalue weighted by Crippen LogP contribution is 2.27. The van der Waals surface area contributed by atoms with Crippen molar-refractivity contribution >= 4 is 17.2 Å². The number of imidazole rings is 1. The highest BCUT2D eigenvalue weighted by atomic mass is 16.5. The molecule has 138 valence electrons. The van der Waals surface area contributed by atoms with E-state index in [1.165, 1.54) is 0 Å². The van der Waals surface area contributed by atoms with E-state index in [2.05, 4.69) is 29.9 Å². The molecule has 28 heavy (non-hydrogen) atoms. The topological polar surface area (TPSA) is 76.2 Å². The molecule has 0 atom stereocenters. The van der Waals surface area contributed by atoms with Crippen LogP contribution in [-0.2, 0) is 0 Å². The molecule has 0 fully saturated rings. The molecule has 3 heterocycles. The van der Waals surface area contributed by atoms with Crippen LogP contribution < -0.4 is 10.1 Å². The summed E-state index contributed by atoms with van der Waals surface area (Å²) in [5.74, 6) is 2.57. The van der Waals surface area contributed by atoms with Gasteiger partial charge >= 0.3 is 0 Å². The van der Waals surface area contributed by atoms with Gasteiger partial charge in [-0.2, -0.15) is 10.2 Å². The molecule has 0 aliphatic carbocycles. The Bertz CT molecular complexity index is 1110. The molecule has 2 aromatic heterocycles. The Balaban J connectivity index is 1.36. The minimum atomic E-state index is 0.277. The minimum absolute atomic E-state index is 0.277. The van der Waals surface area contributed by atoms with Crippen molar-refractivity contribution in [1.29, 1.82) is 0 Å². The summed E-state index contributed by atoms with van der Waals surface area (Å²) in [5, 5.41) is 11.5. The molecule has 5 rings (SSSR count). The first-order valence-electron chi connectivity index (χ1n) is 9.12. The van der Waals surface area contributed by atoms with Crippen molar-refractivity contribution in [3.05, 3.63) is 78.9 Å². The van der Waals surface area contributed by atoms with Gasteiger partial charge in [-0.25, -0.2) is 9.97 Å². The summed E-state index contributed by atoms with van der Waals surface area (Å²) in [5.41, 5.74) is 2.81. The summed E-state index contributed by atoms with van der Waals surface area (Å²) >= 11 is 0. The zero-order valence-electron chi connectivity index (χ0n) is 15.1. The fourth-order valence-electron chi connectivity index (χ4n) is 3.25. The standard InChI is InChI=1S/C21H18N6O/c1-2-4-17(5-3-1)28-18-8-6-16(7-9-18)26-20-21-23-14-19(15-12-24-25-13-15)27(21)11-10-22-20/h1-11,14-15H,12-13H2,(H,22,26). The first-order valence-corrected chi connectivity index (χ1v) is 9.12. The summed E-state index contributed by atoms with van der Waals surface area (Å²) in [7, 11) is 0. The lowest BCUT2D eigenvalue weighted by atomic mass is 10.1. The van der Waals surface area contributed by atoms with E-state index in [4.69, 9.17) is 4.74 Å². The first-order chi connectivity index (χ1) is 13.9. The molecule has 0 radical (unpaired) electrons. The molecule has 0 spiro atoms. The van der Waals surface area contributed by atoms with E-state index in [-0.39, 0.29) is 5.92 Å². The summed E-state index contributed by atoms with van der Waals surface area (Å²) in [6.45, 7) is 1.42. The van der Waals surface area contributed by atoms with Crippen molar-refractivity contribution in [3.63, 3.8) is 0 Å². The SMILES string of the molecule is c1ccc(Oc2ccc(Nc3nccn4c(C5CN=NC5)cnc34)cc2)cc1. The first kappa shape index (κ1) is 16.4. The number of nitrogens with zero attached hydrogens (tertiary/aromatic N) is 5. The van der Waals surface area contributed by atoms with Gasteiger partial charge in [0.2, 0.25) is 0 Å². The monoisotopic (exact) mass is 370 g/mol. The van der Waals surface area contributed by atoms with Crippen molar-refractivity contribution in [2.45, 2.75) is 5.92 Å². The van der Waals surface area contributed by atoms with Gasteiger partial charge in [0.1, 0.15) is 11.5 Å². The van der Waals surface area contributed by atoms with Gasteiger partial charge < -0.3 is 10.1 Å². The average Bonchev–Trinajstić information content (AvgIpc) is 3.40. The maximum Gasteiger partial charge on any atom is 0.180 e. The number of fused-ring (bicyclic) bond motifs is 1. The van der Waals surface area contributed by atoms with E-state index in [9.17, 15) is 0 Å². The lowest BCUT2D eigenvalue weighted by molar-refractivity contribution is 0.483. The Labute approximate surface area is 161 Å². The van der Waals surface area contributed by atoms with Crippen LogP contribution in [0, 0.1) is 0 Å². The highest BCUT2D eigenvalue weighted by Gasteiger charge is 2.20. The van der Waals surface area contributed by atoms with Gasteiger partial charge in [0.15, 0.2) is 11.5 Å². The summed E-state index contributed by atoms with van der Waals surface area (Å²) in [4.78, 5) is 9.02. The lowest BCUT2D eigenvalue weighted by Gasteiger charge is -2.10. The van der Waals surface area contributed by atoms with Gasteiger partial charge in [0.25, 0.3) is 0 Å². The lowest BCUT2D eigenvalue weighted by Crippen LogP contribution is -2.06. The zero-order chi connectivity index (χ0) is 18.8. The van der Waals surface area contributed by atoms with Gasteiger partial charge in [0, 0.05) is 35.9 Å². The Kier molecular flexibility index (Phi) is 4.17. The second-order valence-corrected chi connectivity index (χ2v) is 6.56. The predicted octanol–water partition coefficient (Wildman–Crippen LogP) is 4.81. The fraction of sp³-hybridized carbons (Fsp3) is 0.143. The average molecular weight is 370 g/mol. The number of ether oxygens (including phenoxy) is 1. The van der Waals surface area contributed by atoms with E-state index in [1.54, 1.807) is 6.20 Å². The minimum Gasteiger partial charge on any atom is -0.457 e. The van der Waals surface area contributed by atoms with Crippen LogP contribution in [0.4, 0.5) is 11.5 Å². The number of aromatic nitrogens is 3. The number of anilines is 2. The normalized spacial score (nSPS) is 13.9. The van der Waals surface area contributed by atoms with Crippen molar-refractivity contribution in [3.8, 4) is 11.5 Å². The summed E-state index contributed by atoms with van der Waals surface area (Å²) in [6.07, 6.45) is 5.59. The molecule has 0 unspecified atom stereocenters. The van der Waals surface area contributed by atoms with Crippen LogP contribution in [0.2, 0.25) is 0 Å². The molecular formula is C21H18N6O. The number of benzene rings is 2. The van der Waals surface area contributed by atoms with E-state index >= 15 is 0 Å². The Hall–Kier alpha value is -3.74. The molecule has 0 saturated carbocycles. The Morgan fingerprint density at radius 3 is 2.43 bits per heavy atom. The molecule has 4 aromatic rings. The predicted molar refractivity (Wildman–Crippen MR) is 107 cm³/mol. The van der Waals surface area contributed by atoms with Crippen LogP contribution in [-0.4, -0.2) is 27.5 Å². The molecule has 7 nitrogen and oxygen atoms in total. The molecule has 1 aliphatic rings. The number of nitrogens with one attached hydrogen (secondary N) is 1. The second-order valence-electron chi connectivity index (χ2n) is 6.56. The van der Waals surface area contributed by atoms with Crippen molar-refractivity contribution in [2.24, 2.45) is 10.2 Å². The highest BCUT2D eigenvalue weighted by molar-refractivity contribution is 5.70. The third-order valence-corrected chi connectivity index (χ3v) is 4.67. The molecule has 0 amide bonds. The maximum atomic E-state index is 5.84. The van der Waals surface area contributed by atoms with Gasteiger partial charge in [0.05, 0.1) is 13.1 Å². The largest absolute Gasteiger partial charge is 0.457 e. The van der Waals surface area contributed by atoms with Crippen molar-refractivity contribution in [2.75, 3.05) is 18.4 Å². The number of azo groups is 1. The number of hydrogen-bond donors (Lipinski definition) is 1. The smallest absolute Gasteiger partial charge is 0.180 e. The maximum absolute atomic E-state index is 5.84. The summed E-state index contributed by atoms with van der Waals surface area (Å²) in [6, 6.07) is 17.5. The molecule has 1 aliphatic heterocycles. The molecule has 0 bridgehead atoms. The van der Waals surface area contributed by atoms with Crippen LogP contribution >= 0.6 is 0 Å². The van der Waals surface area contributed by atoms with Crippen LogP contribution in [0.25, 0.3) is 5.65 Å². The fourth-order valence-corrected chi connectivity index (χ4v) is 3.25. The number of rotatable bonds is 5. The van der Waals surface area contributed by atoms with Crippen LogP contribution in [0.3, 0.4) is 0 Å². The van der Waals surface area contributed by atoms with E-state index in [1.807, 2.05) is 67.0 Å². The molecule has 1 N–H and O–H groups in total. The van der Waals surface area contributed by atoms with Gasteiger partial charge in [-0.1, -0.05) is 18.2 Å². The van der Waals surface area contributed by atoms with Gasteiger partial charge in [-0.05, 0) is 36.4 Å². The number of para-hydroxylation sites is 1. The third-order valence-electron chi connectivity index (χ3n) is 4.67. The second kappa shape index (κ2) is 7.11. The number of hydrogen-bond acceptors (Lipinski definition) is 6. The van der Waals surface area contributed by atoms with Crippen molar-refractivity contribution < 1.29 is 4.74 Å².